The van der Waals surface area contributed by atoms with Gasteiger partial charge in [-0.25, -0.2) is 9.98 Å². The predicted octanol–water partition coefficient (Wildman–Crippen LogP) is 2.75. The van der Waals surface area contributed by atoms with Gasteiger partial charge in [-0.2, -0.15) is 0 Å². The van der Waals surface area contributed by atoms with Gasteiger partial charge in [0.25, 0.3) is 0 Å². The van der Waals surface area contributed by atoms with Gasteiger partial charge >= 0.3 is 0 Å². The quantitative estimate of drug-likeness (QED) is 0.508. The topological polar surface area (TPSA) is 119 Å². The number of fused-ring (bicyclic) bond motifs is 3. The SMILES string of the molecule is Cc1cc2c(cc1C(C=CN)=NC1CCN(C)CC1)OCCn1cc(C(N=CN)=NC(C)C)nc1-2. The number of hydrogen-bond donors (Lipinski definition) is 2. The van der Waals surface area contributed by atoms with Crippen molar-refractivity contribution in [3.8, 4) is 17.1 Å². The Kier molecular flexibility index (Phi) is 7.65. The summed E-state index contributed by atoms with van der Waals surface area (Å²) in [5.74, 6) is 2.14. The Labute approximate surface area is 207 Å². The molecule has 0 radical (unpaired) electrons. The Morgan fingerprint density at radius 1 is 1.20 bits per heavy atom. The van der Waals surface area contributed by atoms with Gasteiger partial charge in [-0.15, -0.1) is 0 Å². The van der Waals surface area contributed by atoms with Crippen LogP contribution in [-0.4, -0.2) is 71.2 Å². The molecular weight excluding hydrogens is 440 g/mol. The lowest BCUT2D eigenvalue weighted by Gasteiger charge is -2.27. The molecule has 1 aromatic heterocycles. The summed E-state index contributed by atoms with van der Waals surface area (Å²) in [6.07, 6.45) is 8.77. The van der Waals surface area contributed by atoms with E-state index < -0.39 is 0 Å². The number of imidazole rings is 1. The van der Waals surface area contributed by atoms with E-state index in [2.05, 4.69) is 45.6 Å². The Bertz CT molecular complexity index is 1170. The number of aliphatic imine (C=N–C) groups is 3. The summed E-state index contributed by atoms with van der Waals surface area (Å²) >= 11 is 0. The fraction of sp³-hybridized carbons (Fsp3) is 0.462. The van der Waals surface area contributed by atoms with Crippen LogP contribution in [0.4, 0.5) is 0 Å². The second-order valence-electron chi connectivity index (χ2n) is 9.39. The van der Waals surface area contributed by atoms with E-state index in [1.807, 2.05) is 26.1 Å². The lowest BCUT2D eigenvalue weighted by Crippen LogP contribution is -2.32. The second kappa shape index (κ2) is 10.9. The monoisotopic (exact) mass is 476 g/mol. The van der Waals surface area contributed by atoms with Crippen LogP contribution in [0.1, 0.15) is 43.5 Å². The van der Waals surface area contributed by atoms with E-state index in [-0.39, 0.29) is 6.04 Å². The summed E-state index contributed by atoms with van der Waals surface area (Å²) in [6, 6.07) is 4.57. The molecule has 0 amide bonds. The number of ether oxygens (including phenoxy) is 1. The van der Waals surface area contributed by atoms with Crippen molar-refractivity contribution in [2.75, 3.05) is 26.7 Å². The highest BCUT2D eigenvalue weighted by Gasteiger charge is 2.23. The highest BCUT2D eigenvalue weighted by atomic mass is 16.5. The maximum absolute atomic E-state index is 6.17. The number of aryl methyl sites for hydroxylation is 1. The first-order chi connectivity index (χ1) is 16.9. The maximum atomic E-state index is 6.17. The van der Waals surface area contributed by atoms with Crippen LogP contribution in [-0.2, 0) is 6.54 Å². The van der Waals surface area contributed by atoms with Crippen molar-refractivity contribution in [2.45, 2.75) is 52.2 Å². The summed E-state index contributed by atoms with van der Waals surface area (Å²) in [4.78, 5) is 21.2. The standard InChI is InChI=1S/C26H36N8O/c1-17(2)30-25(29-16-28)23-15-34-11-12-35-24-14-20(18(3)13-21(24)26(34)32-23)22(5-8-27)31-19-6-9-33(4)10-7-19/h5,8,13-17,19H,6-7,9-12,27H2,1-4H3,(H2,28,29,30). The number of hydrogen-bond acceptors (Lipinski definition) is 6. The van der Waals surface area contributed by atoms with Gasteiger partial charge in [-0.1, -0.05) is 0 Å². The van der Waals surface area contributed by atoms with Gasteiger partial charge in [0, 0.05) is 17.8 Å². The van der Waals surface area contributed by atoms with E-state index in [1.54, 1.807) is 6.20 Å². The van der Waals surface area contributed by atoms with Crippen molar-refractivity contribution in [1.82, 2.24) is 14.5 Å². The number of allylic oxidation sites excluding steroid dienone is 1. The average molecular weight is 477 g/mol. The van der Waals surface area contributed by atoms with Crippen LogP contribution >= 0.6 is 0 Å². The van der Waals surface area contributed by atoms with Gasteiger partial charge in [0.1, 0.15) is 23.9 Å². The molecule has 1 saturated heterocycles. The minimum absolute atomic E-state index is 0.0773. The number of nitrogens with two attached hydrogens (primary N) is 2. The first-order valence-corrected chi connectivity index (χ1v) is 12.2. The van der Waals surface area contributed by atoms with Crippen LogP contribution in [0, 0.1) is 6.92 Å². The maximum Gasteiger partial charge on any atom is 0.176 e. The third kappa shape index (κ3) is 5.62. The second-order valence-corrected chi connectivity index (χ2v) is 9.39. The normalized spacial score (nSPS) is 18.2. The van der Waals surface area contributed by atoms with Crippen molar-refractivity contribution in [3.63, 3.8) is 0 Å². The zero-order valence-corrected chi connectivity index (χ0v) is 21.1. The predicted molar refractivity (Wildman–Crippen MR) is 143 cm³/mol. The Morgan fingerprint density at radius 3 is 2.66 bits per heavy atom. The number of amidine groups is 1. The number of benzene rings is 1. The van der Waals surface area contributed by atoms with Gasteiger partial charge in [-0.3, -0.25) is 9.98 Å². The fourth-order valence-corrected chi connectivity index (χ4v) is 4.52. The number of piperidine rings is 1. The van der Waals surface area contributed by atoms with Crippen molar-refractivity contribution < 1.29 is 4.74 Å². The van der Waals surface area contributed by atoms with Crippen molar-refractivity contribution in [1.29, 1.82) is 0 Å². The molecule has 4 rings (SSSR count). The van der Waals surface area contributed by atoms with Crippen LogP contribution in [0.25, 0.3) is 11.4 Å². The zero-order chi connectivity index (χ0) is 24.9. The molecule has 0 aliphatic carbocycles. The number of aromatic nitrogens is 2. The minimum atomic E-state index is 0.0773. The van der Waals surface area contributed by atoms with Crippen molar-refractivity contribution in [2.24, 2.45) is 26.4 Å². The van der Waals surface area contributed by atoms with Gasteiger partial charge < -0.3 is 25.7 Å². The highest BCUT2D eigenvalue weighted by molar-refractivity contribution is 6.10. The van der Waals surface area contributed by atoms with Crippen LogP contribution < -0.4 is 16.2 Å². The van der Waals surface area contributed by atoms with E-state index in [4.69, 9.17) is 26.2 Å². The van der Waals surface area contributed by atoms with E-state index in [0.29, 0.717) is 30.7 Å². The van der Waals surface area contributed by atoms with E-state index in [0.717, 1.165) is 59.9 Å². The Morgan fingerprint density at radius 2 is 1.97 bits per heavy atom. The van der Waals surface area contributed by atoms with Gasteiger partial charge in [-0.05, 0) is 83.7 Å². The molecule has 4 N–H and O–H groups in total. The molecule has 186 valence electrons. The summed E-state index contributed by atoms with van der Waals surface area (Å²) in [6.45, 7) is 9.41. The van der Waals surface area contributed by atoms with Gasteiger partial charge in [0.15, 0.2) is 5.84 Å². The van der Waals surface area contributed by atoms with Crippen LogP contribution in [0.2, 0.25) is 0 Å². The van der Waals surface area contributed by atoms with E-state index >= 15 is 0 Å². The zero-order valence-electron chi connectivity index (χ0n) is 21.1. The van der Waals surface area contributed by atoms with Crippen LogP contribution in [0.5, 0.6) is 5.75 Å². The smallest absolute Gasteiger partial charge is 0.176 e. The molecule has 2 aliphatic rings. The number of nitrogens with zero attached hydrogens (tertiary/aromatic N) is 6. The van der Waals surface area contributed by atoms with Crippen LogP contribution in [0.3, 0.4) is 0 Å². The molecule has 2 aliphatic heterocycles. The lowest BCUT2D eigenvalue weighted by atomic mass is 9.98. The molecule has 2 aromatic rings. The Balaban J connectivity index is 1.75. The minimum Gasteiger partial charge on any atom is -0.491 e. The van der Waals surface area contributed by atoms with Crippen LogP contribution in [0.15, 0.2) is 45.6 Å². The van der Waals surface area contributed by atoms with Gasteiger partial charge in [0.2, 0.25) is 0 Å². The number of likely N-dealkylation sites (tertiary alicyclic amines) is 1. The lowest BCUT2D eigenvalue weighted by molar-refractivity contribution is 0.257. The molecule has 3 heterocycles. The summed E-state index contributed by atoms with van der Waals surface area (Å²) in [5, 5.41) is 0. The molecule has 35 heavy (non-hydrogen) atoms. The molecule has 0 spiro atoms. The molecule has 0 atom stereocenters. The molecule has 9 nitrogen and oxygen atoms in total. The summed E-state index contributed by atoms with van der Waals surface area (Å²) in [7, 11) is 2.16. The fourth-order valence-electron chi connectivity index (χ4n) is 4.52. The third-order valence-corrected chi connectivity index (χ3v) is 6.28. The van der Waals surface area contributed by atoms with Crippen molar-refractivity contribution >= 4 is 17.9 Å². The van der Waals surface area contributed by atoms with E-state index in [9.17, 15) is 0 Å². The van der Waals surface area contributed by atoms with Gasteiger partial charge in [0.05, 0.1) is 30.2 Å². The summed E-state index contributed by atoms with van der Waals surface area (Å²) < 4.78 is 8.26. The molecular formula is C26H36N8O. The average Bonchev–Trinajstić information content (AvgIpc) is 3.17. The largest absolute Gasteiger partial charge is 0.491 e. The molecule has 1 fully saturated rings. The molecule has 1 aromatic carbocycles. The van der Waals surface area contributed by atoms with Crippen molar-refractivity contribution in [3.05, 3.63) is 47.4 Å². The molecule has 0 unspecified atom stereocenters. The summed E-state index contributed by atoms with van der Waals surface area (Å²) in [5.41, 5.74) is 16.0. The molecule has 9 heteroatoms. The third-order valence-electron chi connectivity index (χ3n) is 6.28. The first-order valence-electron chi connectivity index (χ1n) is 12.2. The first kappa shape index (κ1) is 24.7. The number of rotatable bonds is 5. The molecule has 0 saturated carbocycles. The highest BCUT2D eigenvalue weighted by Crippen LogP contribution is 2.35. The molecule has 0 bridgehead atoms. The Hall–Kier alpha value is -3.46. The van der Waals surface area contributed by atoms with E-state index in [1.165, 1.54) is 6.34 Å².